The lowest BCUT2D eigenvalue weighted by atomic mass is 10.1. The topological polar surface area (TPSA) is 62.1 Å². The van der Waals surface area contributed by atoms with Crippen molar-refractivity contribution in [1.29, 1.82) is 0 Å². The molecule has 1 unspecified atom stereocenters. The fraction of sp³-hybridized carbons (Fsp3) is 0.600. The number of fused-ring (bicyclic) bond motifs is 1. The van der Waals surface area contributed by atoms with Gasteiger partial charge in [-0.15, -0.1) is 0 Å². The fourth-order valence-electron chi connectivity index (χ4n) is 2.61. The molecule has 1 amide bonds. The molecule has 0 aliphatic carbocycles. The summed E-state index contributed by atoms with van der Waals surface area (Å²) in [5.41, 5.74) is 1.23. The first kappa shape index (κ1) is 14.6. The van der Waals surface area contributed by atoms with E-state index >= 15 is 0 Å². The number of oxime groups is 1. The van der Waals surface area contributed by atoms with E-state index in [1.807, 2.05) is 19.9 Å². The Bertz CT molecular complexity index is 466. The van der Waals surface area contributed by atoms with Gasteiger partial charge in [0.05, 0.1) is 5.57 Å². The number of amides is 1. The molecule has 0 radical (unpaired) electrons. The van der Waals surface area contributed by atoms with E-state index in [1.54, 1.807) is 4.90 Å². The van der Waals surface area contributed by atoms with Crippen molar-refractivity contribution in [2.75, 3.05) is 6.54 Å². The molecule has 110 valence electrons. The highest BCUT2D eigenvalue weighted by Crippen LogP contribution is 2.30. The Hall–Kier alpha value is -1.78. The predicted molar refractivity (Wildman–Crippen MR) is 76.4 cm³/mol. The summed E-state index contributed by atoms with van der Waals surface area (Å²) < 4.78 is 5.88. The van der Waals surface area contributed by atoms with Crippen molar-refractivity contribution in [1.82, 2.24) is 4.90 Å². The van der Waals surface area contributed by atoms with Crippen LogP contribution < -0.4 is 0 Å². The molecular weight excluding hydrogens is 256 g/mol. The maximum atomic E-state index is 12.3. The second-order valence-electron chi connectivity index (χ2n) is 5.17. The van der Waals surface area contributed by atoms with Gasteiger partial charge < -0.3 is 9.94 Å². The molecular formula is C15H22N2O3. The van der Waals surface area contributed by atoms with Gasteiger partial charge in [0, 0.05) is 19.4 Å². The maximum Gasteiger partial charge on any atom is 0.256 e. The summed E-state index contributed by atoms with van der Waals surface area (Å²) >= 11 is 0. The third-order valence-corrected chi connectivity index (χ3v) is 3.82. The van der Waals surface area contributed by atoms with E-state index in [0.29, 0.717) is 24.3 Å². The molecule has 2 rings (SSSR count). The van der Waals surface area contributed by atoms with Gasteiger partial charge in [-0.1, -0.05) is 17.3 Å². The smallest absolute Gasteiger partial charge is 0.256 e. The number of ether oxygens (including phenoxy) is 1. The quantitative estimate of drug-likeness (QED) is 0.364. The second-order valence-corrected chi connectivity index (χ2v) is 5.17. The molecule has 1 saturated heterocycles. The van der Waals surface area contributed by atoms with Crippen LogP contribution in [0.3, 0.4) is 0 Å². The van der Waals surface area contributed by atoms with Crippen molar-refractivity contribution in [3.8, 4) is 0 Å². The lowest BCUT2D eigenvalue weighted by Crippen LogP contribution is -2.44. The van der Waals surface area contributed by atoms with Crippen LogP contribution in [0.1, 0.15) is 46.0 Å². The summed E-state index contributed by atoms with van der Waals surface area (Å²) in [5, 5.41) is 12.2. The highest BCUT2D eigenvalue weighted by molar-refractivity contribution is 6.01. The van der Waals surface area contributed by atoms with Gasteiger partial charge in [-0.05, 0) is 33.1 Å². The third-order valence-electron chi connectivity index (χ3n) is 3.82. The van der Waals surface area contributed by atoms with Gasteiger partial charge >= 0.3 is 0 Å². The molecule has 20 heavy (non-hydrogen) atoms. The normalized spacial score (nSPS) is 24.7. The predicted octanol–water partition coefficient (Wildman–Crippen LogP) is 2.82. The summed E-state index contributed by atoms with van der Waals surface area (Å²) in [7, 11) is 0. The first-order valence-corrected chi connectivity index (χ1v) is 7.18. The zero-order chi connectivity index (χ0) is 14.5. The summed E-state index contributed by atoms with van der Waals surface area (Å²) in [6.07, 6.45) is 8.15. The minimum absolute atomic E-state index is 0.00311. The fourth-order valence-corrected chi connectivity index (χ4v) is 2.61. The van der Waals surface area contributed by atoms with E-state index in [9.17, 15) is 4.79 Å². The number of allylic oxidation sites excluding steroid dienone is 3. The number of unbranched alkanes of at least 4 members (excludes halogenated alkanes) is 2. The van der Waals surface area contributed by atoms with Crippen molar-refractivity contribution in [2.45, 2.75) is 52.2 Å². The monoisotopic (exact) mass is 278 g/mol. The van der Waals surface area contributed by atoms with Gasteiger partial charge in [0.25, 0.3) is 5.91 Å². The number of hydrogen-bond acceptors (Lipinski definition) is 4. The SMILES string of the molecule is C/C=C/CCCCC1=C(C)C(=O)N2CC/C(=N/O)C2O1. The van der Waals surface area contributed by atoms with E-state index in [2.05, 4.69) is 11.2 Å². The summed E-state index contributed by atoms with van der Waals surface area (Å²) in [4.78, 5) is 13.9. The number of rotatable bonds is 5. The van der Waals surface area contributed by atoms with Gasteiger partial charge in [-0.2, -0.15) is 0 Å². The van der Waals surface area contributed by atoms with Crippen LogP contribution >= 0.6 is 0 Å². The van der Waals surface area contributed by atoms with E-state index in [-0.39, 0.29) is 5.91 Å². The summed E-state index contributed by atoms with van der Waals surface area (Å²) in [6.45, 7) is 4.39. The van der Waals surface area contributed by atoms with Gasteiger partial charge in [-0.25, -0.2) is 0 Å². The number of hydrogen-bond donors (Lipinski definition) is 1. The lowest BCUT2D eigenvalue weighted by Gasteiger charge is -2.32. The molecule has 1 fully saturated rings. The minimum atomic E-state index is -0.498. The molecule has 0 spiro atoms. The standard InChI is InChI=1S/C15H22N2O3/c1-3-4-5-6-7-8-13-11(2)14(18)17-10-9-12(16-19)15(17)20-13/h3-4,15,19H,5-10H2,1-2H3/b4-3+,16-12-. The summed E-state index contributed by atoms with van der Waals surface area (Å²) in [6, 6.07) is 0. The Balaban J connectivity index is 1.99. The first-order valence-electron chi connectivity index (χ1n) is 7.18. The molecule has 2 aliphatic rings. The van der Waals surface area contributed by atoms with E-state index in [0.717, 1.165) is 31.4 Å². The highest BCUT2D eigenvalue weighted by Gasteiger charge is 2.41. The molecule has 1 atom stereocenters. The van der Waals surface area contributed by atoms with Crippen molar-refractivity contribution in [3.63, 3.8) is 0 Å². The Morgan fingerprint density at radius 1 is 1.50 bits per heavy atom. The molecule has 1 N–H and O–H groups in total. The van der Waals surface area contributed by atoms with Gasteiger partial charge in [0.15, 0.2) is 0 Å². The number of carbonyl (C=O) groups excluding carboxylic acids is 1. The van der Waals surface area contributed by atoms with Gasteiger partial charge in [0.1, 0.15) is 11.5 Å². The van der Waals surface area contributed by atoms with Crippen LogP contribution in [0, 0.1) is 0 Å². The maximum absolute atomic E-state index is 12.3. The molecule has 2 aliphatic heterocycles. The van der Waals surface area contributed by atoms with Crippen molar-refractivity contribution >= 4 is 11.6 Å². The number of nitrogens with zero attached hydrogens (tertiary/aromatic N) is 2. The Morgan fingerprint density at radius 2 is 2.30 bits per heavy atom. The molecule has 0 aromatic rings. The van der Waals surface area contributed by atoms with Crippen LogP contribution in [0.4, 0.5) is 0 Å². The van der Waals surface area contributed by atoms with Crippen molar-refractivity contribution in [2.24, 2.45) is 5.16 Å². The van der Waals surface area contributed by atoms with Crippen LogP contribution in [-0.4, -0.2) is 34.5 Å². The first-order chi connectivity index (χ1) is 9.69. The molecule has 5 heteroatoms. The Morgan fingerprint density at radius 3 is 3.00 bits per heavy atom. The number of carbonyl (C=O) groups is 1. The van der Waals surface area contributed by atoms with Crippen molar-refractivity contribution < 1.29 is 14.7 Å². The molecule has 2 heterocycles. The Labute approximate surface area is 119 Å². The zero-order valence-electron chi connectivity index (χ0n) is 12.1. The largest absolute Gasteiger partial charge is 0.469 e. The van der Waals surface area contributed by atoms with E-state index < -0.39 is 6.23 Å². The summed E-state index contributed by atoms with van der Waals surface area (Å²) in [5.74, 6) is 0.753. The van der Waals surface area contributed by atoms with Crippen LogP contribution in [0.25, 0.3) is 0 Å². The average Bonchev–Trinajstić information content (AvgIpc) is 2.86. The van der Waals surface area contributed by atoms with Crippen LogP contribution in [0.2, 0.25) is 0 Å². The molecule has 5 nitrogen and oxygen atoms in total. The van der Waals surface area contributed by atoms with Crippen LogP contribution in [0.15, 0.2) is 28.6 Å². The minimum Gasteiger partial charge on any atom is -0.469 e. The molecule has 0 bridgehead atoms. The Kier molecular flexibility index (Phi) is 4.82. The van der Waals surface area contributed by atoms with Crippen molar-refractivity contribution in [3.05, 3.63) is 23.5 Å². The average molecular weight is 278 g/mol. The van der Waals surface area contributed by atoms with Gasteiger partial charge in [0.2, 0.25) is 6.23 Å². The highest BCUT2D eigenvalue weighted by atomic mass is 16.5. The second kappa shape index (κ2) is 6.59. The third kappa shape index (κ3) is 2.86. The van der Waals surface area contributed by atoms with Crippen LogP contribution in [-0.2, 0) is 9.53 Å². The van der Waals surface area contributed by atoms with Crippen LogP contribution in [0.5, 0.6) is 0 Å². The van der Waals surface area contributed by atoms with E-state index in [4.69, 9.17) is 9.94 Å². The molecule has 0 aromatic heterocycles. The van der Waals surface area contributed by atoms with E-state index in [1.165, 1.54) is 0 Å². The molecule has 0 saturated carbocycles. The lowest BCUT2D eigenvalue weighted by molar-refractivity contribution is -0.136. The molecule has 0 aromatic carbocycles. The van der Waals surface area contributed by atoms with Gasteiger partial charge in [-0.3, -0.25) is 9.69 Å². The zero-order valence-corrected chi connectivity index (χ0v) is 12.1.